The molecule has 0 aromatic carbocycles. The van der Waals surface area contributed by atoms with E-state index in [0.29, 0.717) is 18.1 Å². The van der Waals surface area contributed by atoms with Crippen LogP contribution in [0.3, 0.4) is 0 Å². The summed E-state index contributed by atoms with van der Waals surface area (Å²) >= 11 is 1.61. The number of thiazole rings is 1. The van der Waals surface area contributed by atoms with Crippen molar-refractivity contribution in [1.82, 2.24) is 15.1 Å². The van der Waals surface area contributed by atoms with Crippen LogP contribution in [-0.2, 0) is 6.42 Å². The van der Waals surface area contributed by atoms with Crippen molar-refractivity contribution in [3.63, 3.8) is 0 Å². The van der Waals surface area contributed by atoms with Crippen LogP contribution in [0.1, 0.15) is 54.6 Å². The highest BCUT2D eigenvalue weighted by molar-refractivity contribution is 7.09. The molecule has 2 heterocycles. The second-order valence-electron chi connectivity index (χ2n) is 4.36. The van der Waals surface area contributed by atoms with Crippen LogP contribution < -0.4 is 5.73 Å². The summed E-state index contributed by atoms with van der Waals surface area (Å²) in [5.41, 5.74) is 7.01. The van der Waals surface area contributed by atoms with E-state index in [1.807, 2.05) is 12.3 Å². The van der Waals surface area contributed by atoms with Gasteiger partial charge in [0.05, 0.1) is 12.5 Å². The molecule has 0 aliphatic carbocycles. The van der Waals surface area contributed by atoms with Gasteiger partial charge in [-0.25, -0.2) is 4.98 Å². The molecular weight excluding hydrogens is 248 g/mol. The van der Waals surface area contributed by atoms with Gasteiger partial charge in [-0.1, -0.05) is 24.9 Å². The van der Waals surface area contributed by atoms with Crippen LogP contribution in [0.15, 0.2) is 9.90 Å². The average Bonchev–Trinajstić information content (AvgIpc) is 2.96. The summed E-state index contributed by atoms with van der Waals surface area (Å²) in [5, 5.41) is 6.97. The summed E-state index contributed by atoms with van der Waals surface area (Å²) in [6, 6.07) is -0.149. The molecule has 0 radical (unpaired) electrons. The Morgan fingerprint density at radius 3 is 2.94 bits per heavy atom. The Kier molecular flexibility index (Phi) is 4.43. The normalized spacial score (nSPS) is 12.8. The fraction of sp³-hybridized carbons (Fsp3) is 0.583. The van der Waals surface area contributed by atoms with Crippen molar-refractivity contribution < 1.29 is 4.52 Å². The van der Waals surface area contributed by atoms with E-state index in [2.05, 4.69) is 22.0 Å². The van der Waals surface area contributed by atoms with Crippen molar-refractivity contribution in [2.75, 3.05) is 0 Å². The minimum atomic E-state index is -0.149. The maximum atomic E-state index is 5.98. The summed E-state index contributed by atoms with van der Waals surface area (Å²) < 4.78 is 5.19. The van der Waals surface area contributed by atoms with E-state index in [1.165, 1.54) is 0 Å². The van der Waals surface area contributed by atoms with Crippen molar-refractivity contribution in [2.45, 2.75) is 45.6 Å². The summed E-state index contributed by atoms with van der Waals surface area (Å²) in [6.45, 7) is 4.11. The topological polar surface area (TPSA) is 77.8 Å². The summed E-state index contributed by atoms with van der Waals surface area (Å²) in [6.07, 6.45) is 3.69. The van der Waals surface area contributed by atoms with Crippen LogP contribution in [0.25, 0.3) is 0 Å². The quantitative estimate of drug-likeness (QED) is 0.869. The van der Waals surface area contributed by atoms with E-state index in [-0.39, 0.29) is 6.04 Å². The molecule has 0 amide bonds. The number of unbranched alkanes of at least 4 members (excludes halogenated alkanes) is 1. The van der Waals surface area contributed by atoms with Crippen molar-refractivity contribution in [2.24, 2.45) is 5.73 Å². The molecule has 0 aliphatic rings. The predicted octanol–water partition coefficient (Wildman–Crippen LogP) is 2.62. The minimum absolute atomic E-state index is 0.149. The van der Waals surface area contributed by atoms with Gasteiger partial charge in [0.2, 0.25) is 5.89 Å². The standard InChI is InChI=1S/C12H18N4OS/c1-3-4-5-9(13)12-15-10(16-17-12)6-11-14-8(2)7-18-11/h7,9H,3-6,13H2,1-2H3/t9-/m0/s1. The van der Waals surface area contributed by atoms with Gasteiger partial charge in [0.25, 0.3) is 0 Å². The van der Waals surface area contributed by atoms with Crippen LogP contribution in [0.5, 0.6) is 0 Å². The van der Waals surface area contributed by atoms with E-state index >= 15 is 0 Å². The van der Waals surface area contributed by atoms with Crippen LogP contribution in [0, 0.1) is 6.92 Å². The van der Waals surface area contributed by atoms with Crippen molar-refractivity contribution >= 4 is 11.3 Å². The number of rotatable bonds is 6. The first-order valence-corrected chi connectivity index (χ1v) is 7.06. The zero-order valence-corrected chi connectivity index (χ0v) is 11.5. The monoisotopic (exact) mass is 266 g/mol. The molecular formula is C12H18N4OS. The van der Waals surface area contributed by atoms with Gasteiger partial charge in [-0.3, -0.25) is 0 Å². The highest BCUT2D eigenvalue weighted by Crippen LogP contribution is 2.17. The van der Waals surface area contributed by atoms with Crippen LogP contribution in [-0.4, -0.2) is 15.1 Å². The molecule has 0 saturated carbocycles. The molecule has 18 heavy (non-hydrogen) atoms. The molecule has 98 valence electrons. The highest BCUT2D eigenvalue weighted by atomic mass is 32.1. The Bertz CT molecular complexity index is 494. The third-order valence-electron chi connectivity index (χ3n) is 2.65. The molecule has 2 rings (SSSR count). The maximum absolute atomic E-state index is 5.98. The smallest absolute Gasteiger partial charge is 0.243 e. The van der Waals surface area contributed by atoms with Crippen molar-refractivity contribution in [1.29, 1.82) is 0 Å². The molecule has 0 fully saturated rings. The lowest BCUT2D eigenvalue weighted by atomic mass is 10.1. The number of nitrogens with two attached hydrogens (primary N) is 1. The Balaban J connectivity index is 1.97. The molecule has 0 saturated heterocycles. The van der Waals surface area contributed by atoms with Crippen LogP contribution in [0.4, 0.5) is 0 Å². The van der Waals surface area contributed by atoms with Crippen molar-refractivity contribution in [3.8, 4) is 0 Å². The molecule has 0 bridgehead atoms. The largest absolute Gasteiger partial charge is 0.338 e. The summed E-state index contributed by atoms with van der Waals surface area (Å²) in [7, 11) is 0. The van der Waals surface area contributed by atoms with E-state index in [4.69, 9.17) is 10.3 Å². The lowest BCUT2D eigenvalue weighted by Crippen LogP contribution is -2.10. The minimum Gasteiger partial charge on any atom is -0.338 e. The number of aryl methyl sites for hydroxylation is 1. The van der Waals surface area contributed by atoms with Gasteiger partial charge in [-0.2, -0.15) is 4.98 Å². The van der Waals surface area contributed by atoms with Gasteiger partial charge < -0.3 is 10.3 Å². The molecule has 5 nitrogen and oxygen atoms in total. The third-order valence-corrected chi connectivity index (χ3v) is 3.61. The fourth-order valence-electron chi connectivity index (χ4n) is 1.66. The van der Waals surface area contributed by atoms with Gasteiger partial charge in [0, 0.05) is 11.1 Å². The van der Waals surface area contributed by atoms with Gasteiger partial charge in [-0.15, -0.1) is 11.3 Å². The summed E-state index contributed by atoms with van der Waals surface area (Å²) in [4.78, 5) is 8.71. The fourth-order valence-corrected chi connectivity index (χ4v) is 2.42. The highest BCUT2D eigenvalue weighted by Gasteiger charge is 2.15. The van der Waals surface area contributed by atoms with Crippen LogP contribution >= 0.6 is 11.3 Å². The number of hydrogen-bond acceptors (Lipinski definition) is 6. The molecule has 1 atom stereocenters. The van der Waals surface area contributed by atoms with E-state index in [9.17, 15) is 0 Å². The molecule has 6 heteroatoms. The zero-order valence-electron chi connectivity index (χ0n) is 10.7. The zero-order chi connectivity index (χ0) is 13.0. The second-order valence-corrected chi connectivity index (χ2v) is 5.30. The van der Waals surface area contributed by atoms with Crippen molar-refractivity contribution in [3.05, 3.63) is 27.8 Å². The van der Waals surface area contributed by atoms with Gasteiger partial charge in [0.1, 0.15) is 5.01 Å². The first-order valence-electron chi connectivity index (χ1n) is 6.18. The van der Waals surface area contributed by atoms with E-state index in [0.717, 1.165) is 30.0 Å². The third kappa shape index (κ3) is 3.36. The lowest BCUT2D eigenvalue weighted by molar-refractivity contribution is 0.343. The Hall–Kier alpha value is -1.27. The Labute approximate surface area is 110 Å². The Morgan fingerprint density at radius 2 is 2.28 bits per heavy atom. The molecule has 0 unspecified atom stereocenters. The Morgan fingerprint density at radius 1 is 1.44 bits per heavy atom. The predicted molar refractivity (Wildman–Crippen MR) is 70.4 cm³/mol. The number of aromatic nitrogens is 3. The first-order chi connectivity index (χ1) is 8.69. The second kappa shape index (κ2) is 6.06. The van der Waals surface area contributed by atoms with E-state index in [1.54, 1.807) is 11.3 Å². The first kappa shape index (κ1) is 13.2. The molecule has 2 aromatic rings. The van der Waals surface area contributed by atoms with Crippen LogP contribution in [0.2, 0.25) is 0 Å². The molecule has 0 aliphatic heterocycles. The average molecular weight is 266 g/mol. The molecule has 0 spiro atoms. The number of nitrogens with zero attached hydrogens (tertiary/aromatic N) is 3. The lowest BCUT2D eigenvalue weighted by Gasteiger charge is -2.03. The van der Waals surface area contributed by atoms with Gasteiger partial charge in [-0.05, 0) is 13.3 Å². The molecule has 2 aromatic heterocycles. The maximum Gasteiger partial charge on any atom is 0.243 e. The number of hydrogen-bond donors (Lipinski definition) is 1. The SMILES string of the molecule is CCCC[C@H](N)c1nc(Cc2nc(C)cs2)no1. The summed E-state index contributed by atoms with van der Waals surface area (Å²) in [5.74, 6) is 1.19. The molecule has 2 N–H and O–H groups in total. The van der Waals surface area contributed by atoms with Gasteiger partial charge in [0.15, 0.2) is 5.82 Å². The van der Waals surface area contributed by atoms with Gasteiger partial charge >= 0.3 is 0 Å². The van der Waals surface area contributed by atoms with E-state index < -0.39 is 0 Å².